The first kappa shape index (κ1) is 13.8. The zero-order chi connectivity index (χ0) is 13.7. The minimum atomic E-state index is 0.0996. The Balaban J connectivity index is 1.76. The van der Waals surface area contributed by atoms with Gasteiger partial charge in [-0.25, -0.2) is 0 Å². The van der Waals surface area contributed by atoms with E-state index in [-0.39, 0.29) is 11.9 Å². The van der Waals surface area contributed by atoms with Gasteiger partial charge in [0.25, 0.3) is 0 Å². The Morgan fingerprint density at radius 3 is 2.63 bits per heavy atom. The molecule has 0 atom stereocenters. The van der Waals surface area contributed by atoms with E-state index in [1.165, 1.54) is 11.1 Å². The molecule has 2 rings (SSSR count). The Labute approximate surface area is 114 Å². The largest absolute Gasteiger partial charge is 0.353 e. The Bertz CT molecular complexity index is 458. The van der Waals surface area contributed by atoms with E-state index >= 15 is 0 Å². The second-order valence-electron chi connectivity index (χ2n) is 5.31. The SMILES string of the molecule is Cc1ccccc1CCC(=O)NC1CCC(=O)CC1. The number of hydrogen-bond acceptors (Lipinski definition) is 2. The summed E-state index contributed by atoms with van der Waals surface area (Å²) in [5, 5.41) is 3.04. The maximum atomic E-state index is 11.9. The van der Waals surface area contributed by atoms with Gasteiger partial charge in [-0.15, -0.1) is 0 Å². The summed E-state index contributed by atoms with van der Waals surface area (Å²) in [4.78, 5) is 23.0. The van der Waals surface area contributed by atoms with Crippen LogP contribution in [-0.2, 0) is 16.0 Å². The van der Waals surface area contributed by atoms with E-state index in [4.69, 9.17) is 0 Å². The molecule has 3 heteroatoms. The van der Waals surface area contributed by atoms with Crippen LogP contribution >= 0.6 is 0 Å². The van der Waals surface area contributed by atoms with Crippen LogP contribution in [0.5, 0.6) is 0 Å². The lowest BCUT2D eigenvalue weighted by Gasteiger charge is -2.22. The zero-order valence-electron chi connectivity index (χ0n) is 11.4. The highest BCUT2D eigenvalue weighted by molar-refractivity contribution is 5.80. The molecule has 0 aromatic heterocycles. The van der Waals surface area contributed by atoms with Crippen molar-refractivity contribution in [2.45, 2.75) is 51.5 Å². The van der Waals surface area contributed by atoms with Crippen LogP contribution in [0.1, 0.15) is 43.2 Å². The minimum Gasteiger partial charge on any atom is -0.353 e. The topological polar surface area (TPSA) is 46.2 Å². The summed E-state index contributed by atoms with van der Waals surface area (Å²) in [5.41, 5.74) is 2.47. The standard InChI is InChI=1S/C16H21NO2/c1-12-4-2-3-5-13(12)6-11-16(19)17-14-7-9-15(18)10-8-14/h2-5,14H,6-11H2,1H3,(H,17,19). The van der Waals surface area contributed by atoms with Gasteiger partial charge in [0.05, 0.1) is 0 Å². The van der Waals surface area contributed by atoms with Gasteiger partial charge in [0.15, 0.2) is 0 Å². The van der Waals surface area contributed by atoms with Gasteiger partial charge in [-0.2, -0.15) is 0 Å². The molecule has 1 saturated carbocycles. The van der Waals surface area contributed by atoms with Crippen molar-refractivity contribution in [3.8, 4) is 0 Å². The summed E-state index contributed by atoms with van der Waals surface area (Å²) in [6.45, 7) is 2.07. The third-order valence-electron chi connectivity index (χ3n) is 3.79. The lowest BCUT2D eigenvalue weighted by Crippen LogP contribution is -2.37. The zero-order valence-corrected chi connectivity index (χ0v) is 11.4. The van der Waals surface area contributed by atoms with Crippen molar-refractivity contribution in [3.63, 3.8) is 0 Å². The van der Waals surface area contributed by atoms with Gasteiger partial charge in [-0.1, -0.05) is 24.3 Å². The number of carbonyl (C=O) groups is 2. The molecule has 0 spiro atoms. The maximum absolute atomic E-state index is 11.9. The molecular weight excluding hydrogens is 238 g/mol. The molecule has 0 bridgehead atoms. The van der Waals surface area contributed by atoms with Crippen LogP contribution in [0.25, 0.3) is 0 Å². The quantitative estimate of drug-likeness (QED) is 0.903. The van der Waals surface area contributed by atoms with Crippen molar-refractivity contribution < 1.29 is 9.59 Å². The van der Waals surface area contributed by atoms with Crippen molar-refractivity contribution in [2.24, 2.45) is 0 Å². The number of hydrogen-bond donors (Lipinski definition) is 1. The predicted molar refractivity (Wildman–Crippen MR) is 74.9 cm³/mol. The third kappa shape index (κ3) is 4.19. The van der Waals surface area contributed by atoms with E-state index < -0.39 is 0 Å². The first-order valence-corrected chi connectivity index (χ1v) is 7.00. The summed E-state index contributed by atoms with van der Waals surface area (Å²) < 4.78 is 0. The molecule has 0 aliphatic heterocycles. The van der Waals surface area contributed by atoms with Crippen LogP contribution in [0.3, 0.4) is 0 Å². The van der Waals surface area contributed by atoms with Crippen molar-refractivity contribution >= 4 is 11.7 Å². The number of aryl methyl sites for hydroxylation is 2. The Morgan fingerprint density at radius 1 is 1.26 bits per heavy atom. The molecule has 19 heavy (non-hydrogen) atoms. The fraction of sp³-hybridized carbons (Fsp3) is 0.500. The van der Waals surface area contributed by atoms with Crippen molar-refractivity contribution in [1.29, 1.82) is 0 Å². The molecular formula is C16H21NO2. The number of benzene rings is 1. The van der Waals surface area contributed by atoms with Gasteiger partial charge < -0.3 is 5.32 Å². The summed E-state index contributed by atoms with van der Waals surface area (Å²) in [7, 11) is 0. The van der Waals surface area contributed by atoms with Crippen molar-refractivity contribution in [2.75, 3.05) is 0 Å². The highest BCUT2D eigenvalue weighted by atomic mass is 16.1. The van der Waals surface area contributed by atoms with Crippen LogP contribution in [0.15, 0.2) is 24.3 Å². The molecule has 0 radical (unpaired) electrons. The number of amides is 1. The second kappa shape index (κ2) is 6.50. The third-order valence-corrected chi connectivity index (χ3v) is 3.79. The van der Waals surface area contributed by atoms with Crippen LogP contribution in [-0.4, -0.2) is 17.7 Å². The molecule has 1 aromatic carbocycles. The average molecular weight is 259 g/mol. The molecule has 1 aromatic rings. The lowest BCUT2D eigenvalue weighted by molar-refractivity contribution is -0.124. The summed E-state index contributed by atoms with van der Waals surface area (Å²) >= 11 is 0. The van der Waals surface area contributed by atoms with Crippen LogP contribution in [0.4, 0.5) is 0 Å². The van der Waals surface area contributed by atoms with E-state index in [2.05, 4.69) is 24.4 Å². The van der Waals surface area contributed by atoms with E-state index in [9.17, 15) is 9.59 Å². The molecule has 3 nitrogen and oxygen atoms in total. The Kier molecular flexibility index (Phi) is 4.72. The first-order valence-electron chi connectivity index (χ1n) is 7.00. The van der Waals surface area contributed by atoms with E-state index in [1.54, 1.807) is 0 Å². The van der Waals surface area contributed by atoms with Gasteiger partial charge in [-0.05, 0) is 37.3 Å². The van der Waals surface area contributed by atoms with Crippen LogP contribution in [0.2, 0.25) is 0 Å². The first-order chi connectivity index (χ1) is 9.15. The van der Waals surface area contributed by atoms with Crippen molar-refractivity contribution in [1.82, 2.24) is 5.32 Å². The monoisotopic (exact) mass is 259 g/mol. The highest BCUT2D eigenvalue weighted by Gasteiger charge is 2.19. The summed E-state index contributed by atoms with van der Waals surface area (Å²) in [6.07, 6.45) is 4.13. The molecule has 1 fully saturated rings. The molecule has 1 aliphatic rings. The maximum Gasteiger partial charge on any atom is 0.220 e. The molecule has 102 valence electrons. The van der Waals surface area contributed by atoms with Crippen LogP contribution < -0.4 is 5.32 Å². The predicted octanol–water partition coefficient (Wildman–Crippen LogP) is 2.56. The smallest absolute Gasteiger partial charge is 0.220 e. The molecule has 0 heterocycles. The van der Waals surface area contributed by atoms with Gasteiger partial charge in [0.2, 0.25) is 5.91 Å². The van der Waals surface area contributed by atoms with E-state index in [0.29, 0.717) is 25.0 Å². The summed E-state index contributed by atoms with van der Waals surface area (Å²) in [5.74, 6) is 0.424. The fourth-order valence-electron chi connectivity index (χ4n) is 2.52. The van der Waals surface area contributed by atoms with Gasteiger partial charge in [0, 0.05) is 25.3 Å². The normalized spacial score (nSPS) is 16.4. The lowest BCUT2D eigenvalue weighted by atomic mass is 9.94. The van der Waals surface area contributed by atoms with E-state index in [0.717, 1.165) is 19.3 Å². The van der Waals surface area contributed by atoms with Crippen molar-refractivity contribution in [3.05, 3.63) is 35.4 Å². The molecule has 1 N–H and O–H groups in total. The van der Waals surface area contributed by atoms with Crippen LogP contribution in [0, 0.1) is 6.92 Å². The molecule has 1 aliphatic carbocycles. The molecule has 0 unspecified atom stereocenters. The van der Waals surface area contributed by atoms with E-state index in [1.807, 2.05) is 12.1 Å². The summed E-state index contributed by atoms with van der Waals surface area (Å²) in [6, 6.07) is 8.36. The fourth-order valence-corrected chi connectivity index (χ4v) is 2.52. The Hall–Kier alpha value is -1.64. The number of nitrogens with one attached hydrogen (secondary N) is 1. The number of Topliss-reactive ketones (excluding diaryl/α,β-unsaturated/α-hetero) is 1. The number of ketones is 1. The van der Waals surface area contributed by atoms with Gasteiger partial charge in [0.1, 0.15) is 5.78 Å². The number of rotatable bonds is 4. The van der Waals surface area contributed by atoms with Gasteiger partial charge in [-0.3, -0.25) is 9.59 Å². The van der Waals surface area contributed by atoms with Gasteiger partial charge >= 0.3 is 0 Å². The Morgan fingerprint density at radius 2 is 1.95 bits per heavy atom. The second-order valence-corrected chi connectivity index (χ2v) is 5.31. The minimum absolute atomic E-state index is 0.0996. The molecule has 0 saturated heterocycles. The highest BCUT2D eigenvalue weighted by Crippen LogP contribution is 2.15. The average Bonchev–Trinajstić information content (AvgIpc) is 2.40. The number of carbonyl (C=O) groups excluding carboxylic acids is 2. The molecule has 1 amide bonds.